The summed E-state index contributed by atoms with van der Waals surface area (Å²) < 4.78 is 10.9. The van der Waals surface area contributed by atoms with Gasteiger partial charge in [-0.1, -0.05) is 29.4 Å². The van der Waals surface area contributed by atoms with E-state index in [9.17, 15) is 0 Å². The van der Waals surface area contributed by atoms with Crippen molar-refractivity contribution in [3.63, 3.8) is 0 Å². The van der Waals surface area contributed by atoms with Gasteiger partial charge in [0, 0.05) is 18.7 Å². The number of ether oxygens (including phenoxy) is 2. The Kier molecular flexibility index (Phi) is 5.14. The predicted molar refractivity (Wildman–Crippen MR) is 71.2 cm³/mol. The molecular weight excluding hydrogens is 246 g/mol. The van der Waals surface area contributed by atoms with Crippen LogP contribution >= 0.6 is 0 Å². The quantitative estimate of drug-likeness (QED) is 0.308. The molecule has 1 atom stereocenters. The average molecular weight is 265 g/mol. The minimum atomic E-state index is 0.118. The van der Waals surface area contributed by atoms with Crippen LogP contribution in [-0.4, -0.2) is 43.5 Å². The lowest BCUT2D eigenvalue weighted by atomic mass is 10.1. The largest absolute Gasteiger partial charge is 0.409 e. The summed E-state index contributed by atoms with van der Waals surface area (Å²) in [7, 11) is 0. The Bertz CT molecular complexity index is 414. The van der Waals surface area contributed by atoms with Crippen LogP contribution in [0.3, 0.4) is 0 Å². The molecule has 1 fully saturated rings. The molecular formula is C13H19N3O3. The lowest BCUT2D eigenvalue weighted by Gasteiger charge is -2.23. The van der Waals surface area contributed by atoms with Crippen molar-refractivity contribution in [1.82, 2.24) is 5.32 Å². The zero-order valence-corrected chi connectivity index (χ0v) is 10.7. The summed E-state index contributed by atoms with van der Waals surface area (Å²) >= 11 is 0. The molecule has 0 amide bonds. The highest BCUT2D eigenvalue weighted by Crippen LogP contribution is 2.05. The van der Waals surface area contributed by atoms with Crippen molar-refractivity contribution in [1.29, 1.82) is 0 Å². The van der Waals surface area contributed by atoms with Gasteiger partial charge in [0.2, 0.25) is 0 Å². The molecule has 2 rings (SSSR count). The number of hydrogen-bond donors (Lipinski definition) is 3. The standard InChI is InChI=1S/C13H19N3O3/c14-13(16-17)11-3-1-10(2-4-11)7-15-8-12-9-18-5-6-19-12/h1-4,12,15,17H,5-9H2,(H2,14,16). The van der Waals surface area contributed by atoms with Gasteiger partial charge in [-0.3, -0.25) is 0 Å². The van der Waals surface area contributed by atoms with Crippen LogP contribution in [0.1, 0.15) is 11.1 Å². The zero-order chi connectivity index (χ0) is 13.5. The second-order valence-corrected chi connectivity index (χ2v) is 4.38. The van der Waals surface area contributed by atoms with Crippen LogP contribution in [0.25, 0.3) is 0 Å². The fraction of sp³-hybridized carbons (Fsp3) is 0.462. The third kappa shape index (κ3) is 4.20. The molecule has 0 radical (unpaired) electrons. The minimum absolute atomic E-state index is 0.118. The average Bonchev–Trinajstić information content (AvgIpc) is 2.48. The Labute approximate surface area is 112 Å². The summed E-state index contributed by atoms with van der Waals surface area (Å²) in [5, 5.41) is 14.8. The highest BCUT2D eigenvalue weighted by Gasteiger charge is 2.13. The van der Waals surface area contributed by atoms with E-state index in [1.807, 2.05) is 24.3 Å². The van der Waals surface area contributed by atoms with Crippen LogP contribution in [0.2, 0.25) is 0 Å². The molecule has 1 saturated heterocycles. The second-order valence-electron chi connectivity index (χ2n) is 4.38. The van der Waals surface area contributed by atoms with E-state index in [-0.39, 0.29) is 11.9 Å². The Morgan fingerprint density at radius 2 is 2.16 bits per heavy atom. The van der Waals surface area contributed by atoms with Crippen LogP contribution in [0, 0.1) is 0 Å². The van der Waals surface area contributed by atoms with Crippen LogP contribution in [0.15, 0.2) is 29.4 Å². The normalized spacial score (nSPS) is 20.4. The maximum absolute atomic E-state index is 8.57. The molecule has 6 heteroatoms. The van der Waals surface area contributed by atoms with Crippen LogP contribution in [0.5, 0.6) is 0 Å². The van der Waals surface area contributed by atoms with Gasteiger partial charge < -0.3 is 25.7 Å². The highest BCUT2D eigenvalue weighted by atomic mass is 16.6. The number of nitrogens with two attached hydrogens (primary N) is 1. The molecule has 0 bridgehead atoms. The summed E-state index contributed by atoms with van der Waals surface area (Å²) in [6.45, 7) is 3.51. The zero-order valence-electron chi connectivity index (χ0n) is 10.7. The summed E-state index contributed by atoms with van der Waals surface area (Å²) in [4.78, 5) is 0. The number of nitrogens with one attached hydrogen (secondary N) is 1. The van der Waals surface area contributed by atoms with Crippen molar-refractivity contribution in [3.05, 3.63) is 35.4 Å². The summed E-state index contributed by atoms with van der Waals surface area (Å²) in [6.07, 6.45) is 0.130. The van der Waals surface area contributed by atoms with E-state index >= 15 is 0 Å². The van der Waals surface area contributed by atoms with Crippen molar-refractivity contribution in [3.8, 4) is 0 Å². The first-order chi connectivity index (χ1) is 9.29. The fourth-order valence-corrected chi connectivity index (χ4v) is 1.88. The lowest BCUT2D eigenvalue weighted by molar-refractivity contribution is -0.0864. The fourth-order valence-electron chi connectivity index (χ4n) is 1.88. The molecule has 0 spiro atoms. The molecule has 1 heterocycles. The van der Waals surface area contributed by atoms with Gasteiger partial charge in [0.05, 0.1) is 25.9 Å². The third-order valence-corrected chi connectivity index (χ3v) is 2.94. The number of rotatable bonds is 5. The third-order valence-electron chi connectivity index (χ3n) is 2.94. The number of oxime groups is 1. The molecule has 104 valence electrons. The first kappa shape index (κ1) is 13.8. The topological polar surface area (TPSA) is 89.1 Å². The van der Waals surface area contributed by atoms with Gasteiger partial charge in [-0.25, -0.2) is 0 Å². The Morgan fingerprint density at radius 1 is 1.37 bits per heavy atom. The maximum Gasteiger partial charge on any atom is 0.170 e. The smallest absolute Gasteiger partial charge is 0.170 e. The summed E-state index contributed by atoms with van der Waals surface area (Å²) in [6, 6.07) is 7.54. The van der Waals surface area contributed by atoms with Gasteiger partial charge in [-0.05, 0) is 5.56 Å². The number of benzene rings is 1. The van der Waals surface area contributed by atoms with Gasteiger partial charge >= 0.3 is 0 Å². The predicted octanol–water partition coefficient (Wildman–Crippen LogP) is 0.286. The van der Waals surface area contributed by atoms with E-state index in [1.54, 1.807) is 0 Å². The summed E-state index contributed by atoms with van der Waals surface area (Å²) in [5.74, 6) is 0.118. The van der Waals surface area contributed by atoms with Crippen molar-refractivity contribution in [2.75, 3.05) is 26.4 Å². The minimum Gasteiger partial charge on any atom is -0.409 e. The van der Waals surface area contributed by atoms with E-state index in [2.05, 4.69) is 10.5 Å². The Morgan fingerprint density at radius 3 is 2.79 bits per heavy atom. The van der Waals surface area contributed by atoms with Gasteiger partial charge in [-0.2, -0.15) is 0 Å². The van der Waals surface area contributed by atoms with Gasteiger partial charge in [0.15, 0.2) is 5.84 Å². The maximum atomic E-state index is 8.57. The molecule has 0 saturated carbocycles. The number of amidine groups is 1. The molecule has 1 aliphatic heterocycles. The highest BCUT2D eigenvalue weighted by molar-refractivity contribution is 5.96. The van der Waals surface area contributed by atoms with E-state index in [1.165, 1.54) is 0 Å². The van der Waals surface area contributed by atoms with E-state index in [0.717, 1.165) is 18.7 Å². The van der Waals surface area contributed by atoms with Crippen LogP contribution in [-0.2, 0) is 16.0 Å². The van der Waals surface area contributed by atoms with Crippen molar-refractivity contribution in [2.45, 2.75) is 12.6 Å². The first-order valence-corrected chi connectivity index (χ1v) is 6.26. The number of hydrogen-bond acceptors (Lipinski definition) is 5. The molecule has 1 aromatic carbocycles. The van der Waals surface area contributed by atoms with Gasteiger partial charge in [0.25, 0.3) is 0 Å². The number of nitrogens with zero attached hydrogens (tertiary/aromatic N) is 1. The van der Waals surface area contributed by atoms with E-state index in [4.69, 9.17) is 20.4 Å². The first-order valence-electron chi connectivity index (χ1n) is 6.26. The van der Waals surface area contributed by atoms with E-state index < -0.39 is 0 Å². The molecule has 0 aromatic heterocycles. The van der Waals surface area contributed by atoms with Crippen LogP contribution < -0.4 is 11.1 Å². The van der Waals surface area contributed by atoms with Gasteiger partial charge in [-0.15, -0.1) is 0 Å². The SMILES string of the molecule is NC(=NO)c1ccc(CNCC2COCCO2)cc1. The lowest BCUT2D eigenvalue weighted by Crippen LogP contribution is -2.37. The molecule has 1 aromatic rings. The molecule has 0 aliphatic carbocycles. The van der Waals surface area contributed by atoms with Crippen LogP contribution in [0.4, 0.5) is 0 Å². The molecule has 6 nitrogen and oxygen atoms in total. The van der Waals surface area contributed by atoms with E-state index in [0.29, 0.717) is 25.4 Å². The molecule has 4 N–H and O–H groups in total. The molecule has 19 heavy (non-hydrogen) atoms. The van der Waals surface area contributed by atoms with Gasteiger partial charge in [0.1, 0.15) is 0 Å². The van der Waals surface area contributed by atoms with Crippen molar-refractivity contribution in [2.24, 2.45) is 10.9 Å². The van der Waals surface area contributed by atoms with Crippen molar-refractivity contribution >= 4 is 5.84 Å². The second kappa shape index (κ2) is 7.08. The monoisotopic (exact) mass is 265 g/mol. The Balaban J connectivity index is 1.76. The Hall–Kier alpha value is -1.63. The van der Waals surface area contributed by atoms with Crippen molar-refractivity contribution < 1.29 is 14.7 Å². The summed E-state index contributed by atoms with van der Waals surface area (Å²) in [5.41, 5.74) is 7.33. The molecule has 1 unspecified atom stereocenters. The molecule has 1 aliphatic rings.